The number of nitrogens with one attached hydrogen (secondary N) is 2. The highest BCUT2D eigenvalue weighted by molar-refractivity contribution is 14.0. The molecule has 1 aromatic carbocycles. The molecule has 0 aliphatic heterocycles. The van der Waals surface area contributed by atoms with E-state index in [0.717, 1.165) is 24.5 Å². The van der Waals surface area contributed by atoms with Gasteiger partial charge in [-0.15, -0.1) is 24.0 Å². The number of rotatable bonds is 9. The Morgan fingerprint density at radius 3 is 2.73 bits per heavy atom. The molecule has 0 radical (unpaired) electrons. The molecule has 1 heterocycles. The van der Waals surface area contributed by atoms with Crippen molar-refractivity contribution in [2.75, 3.05) is 20.1 Å². The fraction of sp³-hybridized carbons (Fsp3) is 0.500. The van der Waals surface area contributed by atoms with Gasteiger partial charge in [0.25, 0.3) is 0 Å². The molecular formula is C18H27ClIN5O. The molecule has 0 unspecified atom stereocenters. The van der Waals surface area contributed by atoms with Crippen molar-refractivity contribution in [3.63, 3.8) is 0 Å². The molecule has 2 N–H and O–H groups in total. The normalized spacial score (nSPS) is 11.1. The van der Waals surface area contributed by atoms with Crippen LogP contribution >= 0.6 is 35.6 Å². The molecule has 1 aromatic heterocycles. The predicted octanol–water partition coefficient (Wildman–Crippen LogP) is 4.30. The fourth-order valence-corrected chi connectivity index (χ4v) is 2.56. The summed E-state index contributed by atoms with van der Waals surface area (Å²) in [5.41, 5.74) is 0.847. The van der Waals surface area contributed by atoms with Crippen LogP contribution in [0.5, 0.6) is 0 Å². The van der Waals surface area contributed by atoms with Crippen molar-refractivity contribution in [1.29, 1.82) is 0 Å². The van der Waals surface area contributed by atoms with Crippen LogP contribution < -0.4 is 10.6 Å². The van der Waals surface area contributed by atoms with Crippen molar-refractivity contribution >= 4 is 41.5 Å². The van der Waals surface area contributed by atoms with Crippen molar-refractivity contribution in [1.82, 2.24) is 20.8 Å². The summed E-state index contributed by atoms with van der Waals surface area (Å²) in [4.78, 5) is 8.62. The van der Waals surface area contributed by atoms with E-state index in [0.29, 0.717) is 29.7 Å². The first kappa shape index (κ1) is 22.7. The van der Waals surface area contributed by atoms with E-state index in [4.69, 9.17) is 16.1 Å². The summed E-state index contributed by atoms with van der Waals surface area (Å²) in [5, 5.41) is 11.2. The second kappa shape index (κ2) is 12.9. The maximum atomic E-state index is 5.99. The first-order valence-electron chi connectivity index (χ1n) is 8.76. The molecule has 8 heteroatoms. The minimum atomic E-state index is 0. The van der Waals surface area contributed by atoms with Gasteiger partial charge in [0.15, 0.2) is 5.96 Å². The molecule has 0 atom stereocenters. The van der Waals surface area contributed by atoms with Gasteiger partial charge in [-0.2, -0.15) is 4.98 Å². The van der Waals surface area contributed by atoms with Gasteiger partial charge >= 0.3 is 0 Å². The van der Waals surface area contributed by atoms with E-state index >= 15 is 0 Å². The Labute approximate surface area is 177 Å². The van der Waals surface area contributed by atoms with E-state index in [1.807, 2.05) is 24.3 Å². The third kappa shape index (κ3) is 7.90. The minimum Gasteiger partial charge on any atom is -0.356 e. The van der Waals surface area contributed by atoms with Crippen molar-refractivity contribution in [3.05, 3.63) is 35.2 Å². The first-order chi connectivity index (χ1) is 12.2. The van der Waals surface area contributed by atoms with Crippen molar-refractivity contribution < 1.29 is 4.52 Å². The third-order valence-corrected chi connectivity index (χ3v) is 3.96. The molecule has 2 rings (SSSR count). The molecule has 0 bridgehead atoms. The molecule has 144 valence electrons. The second-order valence-electron chi connectivity index (χ2n) is 5.76. The van der Waals surface area contributed by atoms with Gasteiger partial charge in [-0.3, -0.25) is 4.99 Å². The Morgan fingerprint density at radius 1 is 1.19 bits per heavy atom. The highest BCUT2D eigenvalue weighted by Gasteiger charge is 2.09. The van der Waals surface area contributed by atoms with Crippen LogP contribution in [0.25, 0.3) is 11.4 Å². The first-order valence-corrected chi connectivity index (χ1v) is 9.13. The van der Waals surface area contributed by atoms with Crippen LogP contribution in [0.3, 0.4) is 0 Å². The summed E-state index contributed by atoms with van der Waals surface area (Å²) in [6.45, 7) is 3.81. The number of halogens is 2. The number of hydrogen-bond acceptors (Lipinski definition) is 4. The number of aliphatic imine (C=N–C) groups is 1. The zero-order valence-corrected chi connectivity index (χ0v) is 18.4. The number of guanidine groups is 1. The molecule has 0 aliphatic carbocycles. The summed E-state index contributed by atoms with van der Waals surface area (Å²) in [7, 11) is 1.77. The predicted molar refractivity (Wildman–Crippen MR) is 117 cm³/mol. The number of unbranched alkanes of at least 4 members (excludes halogenated alkanes) is 3. The molecule has 0 amide bonds. The van der Waals surface area contributed by atoms with Crippen LogP contribution in [0.1, 0.15) is 38.5 Å². The average molecular weight is 492 g/mol. The van der Waals surface area contributed by atoms with Gasteiger partial charge < -0.3 is 15.2 Å². The van der Waals surface area contributed by atoms with Crippen molar-refractivity contribution in [2.24, 2.45) is 4.99 Å². The lowest BCUT2D eigenvalue weighted by atomic mass is 10.2. The number of nitrogens with zero attached hydrogens (tertiary/aromatic N) is 3. The fourth-order valence-electron chi connectivity index (χ4n) is 2.37. The van der Waals surface area contributed by atoms with E-state index in [1.165, 1.54) is 19.3 Å². The van der Waals surface area contributed by atoms with Gasteiger partial charge in [0.05, 0.1) is 0 Å². The topological polar surface area (TPSA) is 75.3 Å². The summed E-state index contributed by atoms with van der Waals surface area (Å²) >= 11 is 5.99. The lowest BCUT2D eigenvalue weighted by molar-refractivity contribution is 0.378. The summed E-state index contributed by atoms with van der Waals surface area (Å²) < 4.78 is 5.30. The van der Waals surface area contributed by atoms with Gasteiger partial charge in [-0.25, -0.2) is 0 Å². The molecule has 0 saturated carbocycles. The zero-order valence-electron chi connectivity index (χ0n) is 15.3. The van der Waals surface area contributed by atoms with Crippen LogP contribution in [0, 0.1) is 0 Å². The molecule has 6 nitrogen and oxygen atoms in total. The highest BCUT2D eigenvalue weighted by atomic mass is 127. The largest absolute Gasteiger partial charge is 0.356 e. The standard InChI is InChI=1S/C18H26ClN5O.HI/c1-3-4-5-6-11-21-18(20-2)22-12-10-16-23-17(24-25-16)14-8-7-9-15(19)13-14;/h7-9,13H,3-6,10-12H2,1-2H3,(H2,20,21,22);1H. The number of aromatic nitrogens is 2. The van der Waals surface area contributed by atoms with Crippen molar-refractivity contribution in [2.45, 2.75) is 39.0 Å². The minimum absolute atomic E-state index is 0. The molecule has 0 fully saturated rings. The van der Waals surface area contributed by atoms with Gasteiger partial charge in [0.2, 0.25) is 11.7 Å². The quantitative estimate of drug-likeness (QED) is 0.237. The van der Waals surface area contributed by atoms with Gasteiger partial charge in [0, 0.05) is 37.1 Å². The van der Waals surface area contributed by atoms with Gasteiger partial charge in [0.1, 0.15) is 0 Å². The molecular weight excluding hydrogens is 465 g/mol. The van der Waals surface area contributed by atoms with E-state index < -0.39 is 0 Å². The van der Waals surface area contributed by atoms with Gasteiger partial charge in [-0.1, -0.05) is 55.1 Å². The summed E-state index contributed by atoms with van der Waals surface area (Å²) in [5.74, 6) is 1.93. The van der Waals surface area contributed by atoms with E-state index in [-0.39, 0.29) is 24.0 Å². The zero-order chi connectivity index (χ0) is 17.9. The van der Waals surface area contributed by atoms with Crippen LogP contribution in [0.15, 0.2) is 33.8 Å². The lowest BCUT2D eigenvalue weighted by Crippen LogP contribution is -2.38. The van der Waals surface area contributed by atoms with E-state index in [9.17, 15) is 0 Å². The lowest BCUT2D eigenvalue weighted by Gasteiger charge is -2.10. The van der Waals surface area contributed by atoms with Gasteiger partial charge in [-0.05, 0) is 18.6 Å². The van der Waals surface area contributed by atoms with E-state index in [1.54, 1.807) is 7.05 Å². The second-order valence-corrected chi connectivity index (χ2v) is 6.19. The number of benzene rings is 1. The average Bonchev–Trinajstić information content (AvgIpc) is 3.09. The van der Waals surface area contributed by atoms with Crippen LogP contribution in [-0.4, -0.2) is 36.2 Å². The Morgan fingerprint density at radius 2 is 2.00 bits per heavy atom. The van der Waals surface area contributed by atoms with E-state index in [2.05, 4.69) is 32.7 Å². The monoisotopic (exact) mass is 491 g/mol. The van der Waals surface area contributed by atoms with Crippen LogP contribution in [-0.2, 0) is 6.42 Å². The van der Waals surface area contributed by atoms with Crippen LogP contribution in [0.2, 0.25) is 5.02 Å². The molecule has 26 heavy (non-hydrogen) atoms. The maximum Gasteiger partial charge on any atom is 0.228 e. The molecule has 0 aliphatic rings. The Balaban J connectivity index is 0.00000338. The maximum absolute atomic E-state index is 5.99. The van der Waals surface area contributed by atoms with Crippen LogP contribution in [0.4, 0.5) is 0 Å². The Bertz CT molecular complexity index is 677. The smallest absolute Gasteiger partial charge is 0.228 e. The molecule has 0 saturated heterocycles. The molecule has 2 aromatic rings. The summed E-state index contributed by atoms with van der Waals surface area (Å²) in [6.07, 6.45) is 5.55. The summed E-state index contributed by atoms with van der Waals surface area (Å²) in [6, 6.07) is 7.41. The Hall–Kier alpha value is -1.35. The van der Waals surface area contributed by atoms with Crippen molar-refractivity contribution in [3.8, 4) is 11.4 Å². The highest BCUT2D eigenvalue weighted by Crippen LogP contribution is 2.19. The third-order valence-electron chi connectivity index (χ3n) is 3.73. The Kier molecular flexibility index (Phi) is 11.3. The molecule has 0 spiro atoms. The number of hydrogen-bond donors (Lipinski definition) is 2. The SMILES string of the molecule is CCCCCCNC(=NC)NCCc1nc(-c2cccc(Cl)c2)no1.I.